The van der Waals surface area contributed by atoms with E-state index in [0.29, 0.717) is 30.0 Å². The van der Waals surface area contributed by atoms with E-state index in [-0.39, 0.29) is 30.8 Å². The van der Waals surface area contributed by atoms with Gasteiger partial charge >= 0.3 is 18.5 Å². The SMILES string of the molecule is CCCC(c1ccc(C(=O)NCCC(=O)OCC)cc1)C(C(=O)Nc1ccc(C(F)(F)F)nc1)c1ccc(OC(F)(F)F)cc1. The van der Waals surface area contributed by atoms with Crippen molar-refractivity contribution in [3.05, 3.63) is 89.2 Å². The van der Waals surface area contributed by atoms with E-state index < -0.39 is 53.6 Å². The molecule has 8 nitrogen and oxygen atoms in total. The molecule has 0 saturated carbocycles. The Kier molecular flexibility index (Phi) is 11.9. The molecule has 3 aromatic rings. The fourth-order valence-corrected chi connectivity index (χ4v) is 4.63. The Morgan fingerprint density at radius 2 is 1.51 bits per heavy atom. The zero-order chi connectivity index (χ0) is 33.2. The number of esters is 1. The van der Waals surface area contributed by atoms with Crippen LogP contribution in [-0.2, 0) is 20.5 Å². The van der Waals surface area contributed by atoms with Crippen molar-refractivity contribution in [2.24, 2.45) is 0 Å². The fourth-order valence-electron chi connectivity index (χ4n) is 4.63. The zero-order valence-corrected chi connectivity index (χ0v) is 24.3. The van der Waals surface area contributed by atoms with Gasteiger partial charge in [0.25, 0.3) is 5.91 Å². The van der Waals surface area contributed by atoms with Crippen LogP contribution in [0.2, 0.25) is 0 Å². The van der Waals surface area contributed by atoms with E-state index in [1.54, 1.807) is 19.1 Å². The van der Waals surface area contributed by atoms with E-state index in [9.17, 15) is 40.7 Å². The average molecular weight is 640 g/mol. The second kappa shape index (κ2) is 15.4. The molecular formula is C31H31F6N3O5. The topological polar surface area (TPSA) is 107 Å². The van der Waals surface area contributed by atoms with E-state index in [1.807, 2.05) is 6.92 Å². The molecule has 1 aromatic heterocycles. The highest BCUT2D eigenvalue weighted by Gasteiger charge is 2.34. The summed E-state index contributed by atoms with van der Waals surface area (Å²) in [6.45, 7) is 3.82. The Morgan fingerprint density at radius 3 is 2.04 bits per heavy atom. The van der Waals surface area contributed by atoms with Gasteiger partial charge in [-0.1, -0.05) is 37.6 Å². The molecule has 0 fully saturated rings. The summed E-state index contributed by atoms with van der Waals surface area (Å²) in [6.07, 6.45) is -7.74. The van der Waals surface area contributed by atoms with Crippen LogP contribution in [0.25, 0.3) is 0 Å². The molecule has 0 radical (unpaired) electrons. The van der Waals surface area contributed by atoms with Crippen LogP contribution in [0.15, 0.2) is 66.9 Å². The normalized spacial score (nSPS) is 13.0. The second-order valence-corrected chi connectivity index (χ2v) is 9.84. The molecule has 14 heteroatoms. The van der Waals surface area contributed by atoms with Crippen LogP contribution in [0.1, 0.15) is 72.1 Å². The zero-order valence-electron chi connectivity index (χ0n) is 24.3. The number of benzene rings is 2. The predicted molar refractivity (Wildman–Crippen MR) is 151 cm³/mol. The minimum Gasteiger partial charge on any atom is -0.466 e. The lowest BCUT2D eigenvalue weighted by Gasteiger charge is -2.27. The molecule has 2 atom stereocenters. The van der Waals surface area contributed by atoms with Crippen molar-refractivity contribution in [3.63, 3.8) is 0 Å². The molecule has 0 bridgehead atoms. The molecule has 1 heterocycles. The molecule has 2 unspecified atom stereocenters. The predicted octanol–water partition coefficient (Wildman–Crippen LogP) is 6.99. The first-order chi connectivity index (χ1) is 21.2. The summed E-state index contributed by atoms with van der Waals surface area (Å²) in [6, 6.07) is 12.9. The smallest absolute Gasteiger partial charge is 0.466 e. The van der Waals surface area contributed by atoms with Gasteiger partial charge in [-0.2, -0.15) is 13.2 Å². The third kappa shape index (κ3) is 10.5. The summed E-state index contributed by atoms with van der Waals surface area (Å²) in [5, 5.41) is 5.19. The van der Waals surface area contributed by atoms with Crippen LogP contribution in [0.3, 0.4) is 0 Å². The van der Waals surface area contributed by atoms with Gasteiger partial charge in [-0.15, -0.1) is 13.2 Å². The van der Waals surface area contributed by atoms with E-state index in [2.05, 4.69) is 20.4 Å². The lowest BCUT2D eigenvalue weighted by Crippen LogP contribution is -2.28. The first-order valence-electron chi connectivity index (χ1n) is 14.0. The highest BCUT2D eigenvalue weighted by atomic mass is 19.4. The molecule has 3 rings (SSSR count). The molecule has 2 aromatic carbocycles. The van der Waals surface area contributed by atoms with Crippen molar-refractivity contribution in [1.82, 2.24) is 10.3 Å². The minimum absolute atomic E-state index is 0.00567. The van der Waals surface area contributed by atoms with Crippen LogP contribution in [0.4, 0.5) is 32.0 Å². The summed E-state index contributed by atoms with van der Waals surface area (Å²) in [4.78, 5) is 41.2. The molecule has 2 N–H and O–H groups in total. The number of hydrogen-bond donors (Lipinski definition) is 2. The number of rotatable bonds is 13. The molecule has 242 valence electrons. The lowest BCUT2D eigenvalue weighted by atomic mass is 9.78. The van der Waals surface area contributed by atoms with Gasteiger partial charge in [0.15, 0.2) is 0 Å². The number of nitrogens with one attached hydrogen (secondary N) is 2. The second-order valence-electron chi connectivity index (χ2n) is 9.84. The molecule has 0 aliphatic heterocycles. The third-order valence-corrected chi connectivity index (χ3v) is 6.60. The Labute approximate surface area is 255 Å². The van der Waals surface area contributed by atoms with Crippen LogP contribution in [0, 0.1) is 0 Å². The maximum absolute atomic E-state index is 13.7. The number of amides is 2. The lowest BCUT2D eigenvalue weighted by molar-refractivity contribution is -0.274. The number of ether oxygens (including phenoxy) is 2. The highest BCUT2D eigenvalue weighted by Crippen LogP contribution is 2.39. The molecule has 0 saturated heterocycles. The van der Waals surface area contributed by atoms with Gasteiger partial charge in [0.1, 0.15) is 11.4 Å². The van der Waals surface area contributed by atoms with Gasteiger partial charge in [-0.3, -0.25) is 14.4 Å². The van der Waals surface area contributed by atoms with Gasteiger partial charge in [0.05, 0.1) is 30.8 Å². The van der Waals surface area contributed by atoms with Crippen molar-refractivity contribution in [1.29, 1.82) is 0 Å². The fraction of sp³-hybridized carbons (Fsp3) is 0.355. The number of anilines is 1. The Balaban J connectivity index is 1.91. The number of carbonyl (C=O) groups excluding carboxylic acids is 3. The monoisotopic (exact) mass is 639 g/mol. The summed E-state index contributed by atoms with van der Waals surface area (Å²) in [5.41, 5.74) is 0.0667. The van der Waals surface area contributed by atoms with Crippen molar-refractivity contribution in [2.75, 3.05) is 18.5 Å². The first kappa shape index (κ1) is 34.9. The summed E-state index contributed by atoms with van der Waals surface area (Å²) in [7, 11) is 0. The maximum Gasteiger partial charge on any atom is 0.573 e. The van der Waals surface area contributed by atoms with Crippen molar-refractivity contribution >= 4 is 23.5 Å². The minimum atomic E-state index is -4.93. The number of pyridine rings is 1. The molecule has 0 spiro atoms. The quantitative estimate of drug-likeness (QED) is 0.154. The van der Waals surface area contributed by atoms with Gasteiger partial charge in [-0.05, 0) is 66.8 Å². The summed E-state index contributed by atoms with van der Waals surface area (Å²) >= 11 is 0. The van der Waals surface area contributed by atoms with E-state index in [4.69, 9.17) is 4.74 Å². The van der Waals surface area contributed by atoms with Crippen LogP contribution >= 0.6 is 0 Å². The highest BCUT2D eigenvalue weighted by molar-refractivity contribution is 5.97. The maximum atomic E-state index is 13.7. The van der Waals surface area contributed by atoms with E-state index in [1.165, 1.54) is 24.3 Å². The van der Waals surface area contributed by atoms with E-state index >= 15 is 0 Å². The molecular weight excluding hydrogens is 608 g/mol. The molecule has 2 amide bonds. The van der Waals surface area contributed by atoms with Gasteiger partial charge in [0, 0.05) is 12.1 Å². The Hall–Kier alpha value is -4.62. The van der Waals surface area contributed by atoms with E-state index in [0.717, 1.165) is 24.4 Å². The van der Waals surface area contributed by atoms with Gasteiger partial charge in [0.2, 0.25) is 5.91 Å². The number of carbonyl (C=O) groups is 3. The number of alkyl halides is 6. The molecule has 45 heavy (non-hydrogen) atoms. The van der Waals surface area contributed by atoms with Gasteiger partial charge in [-0.25, -0.2) is 4.98 Å². The molecule has 0 aliphatic carbocycles. The summed E-state index contributed by atoms with van der Waals surface area (Å²) < 4.78 is 85.9. The first-order valence-corrected chi connectivity index (χ1v) is 14.0. The van der Waals surface area contributed by atoms with Crippen LogP contribution in [-0.4, -0.2) is 42.3 Å². The standard InChI is InChI=1S/C31H31F6N3O5/c1-3-5-24(19-6-8-21(9-7-19)28(42)38-17-16-26(41)44-4-2)27(20-10-13-23(14-11-20)45-31(35,36)37)29(43)40-22-12-15-25(39-18-22)30(32,33)34/h6-15,18,24,27H,3-5,16-17H2,1-2H3,(H,38,42)(H,40,43). The number of halogens is 6. The van der Waals surface area contributed by atoms with Crippen molar-refractivity contribution in [3.8, 4) is 5.75 Å². The van der Waals surface area contributed by atoms with Crippen LogP contribution < -0.4 is 15.4 Å². The van der Waals surface area contributed by atoms with Crippen LogP contribution in [0.5, 0.6) is 5.75 Å². The number of aromatic nitrogens is 1. The molecule has 0 aliphatic rings. The largest absolute Gasteiger partial charge is 0.573 e. The number of nitrogens with zero attached hydrogens (tertiary/aromatic N) is 1. The Morgan fingerprint density at radius 1 is 0.867 bits per heavy atom. The van der Waals surface area contributed by atoms with Crippen molar-refractivity contribution in [2.45, 2.75) is 57.5 Å². The van der Waals surface area contributed by atoms with Crippen molar-refractivity contribution < 1.29 is 50.2 Å². The average Bonchev–Trinajstić information content (AvgIpc) is 2.97. The van der Waals surface area contributed by atoms with Gasteiger partial charge < -0.3 is 20.1 Å². The Bertz CT molecular complexity index is 1430. The third-order valence-electron chi connectivity index (χ3n) is 6.60. The number of hydrogen-bond acceptors (Lipinski definition) is 6. The summed E-state index contributed by atoms with van der Waals surface area (Å²) in [5.74, 6) is -3.61.